The maximum atomic E-state index is 12.1. The molecule has 0 bridgehead atoms. The first-order chi connectivity index (χ1) is 7.24. The van der Waals surface area contributed by atoms with Gasteiger partial charge in [-0.25, -0.2) is 4.68 Å². The number of aromatic nitrogens is 3. The van der Waals surface area contributed by atoms with Gasteiger partial charge in [0, 0.05) is 13.0 Å². The molecule has 82 valence electrons. The molecule has 0 amide bonds. The monoisotopic (exact) mass is 208 g/mol. The number of carbonyl (C=O) groups excluding carboxylic acids is 1. The van der Waals surface area contributed by atoms with Crippen molar-refractivity contribution in [1.29, 1.82) is 0 Å². The van der Waals surface area contributed by atoms with Crippen molar-refractivity contribution >= 4 is 5.78 Å². The van der Waals surface area contributed by atoms with Gasteiger partial charge in [0.2, 0.25) is 0 Å². The fourth-order valence-corrected chi connectivity index (χ4v) is 2.37. The number of nitrogens with zero attached hydrogens (tertiary/aromatic N) is 3. The molecule has 0 aromatic carbocycles. The molecule has 5 heteroatoms. The predicted octanol–water partition coefficient (Wildman–Crippen LogP) is 0.373. The molecule has 0 spiro atoms. The van der Waals surface area contributed by atoms with Crippen molar-refractivity contribution < 1.29 is 4.79 Å². The highest BCUT2D eigenvalue weighted by Gasteiger charge is 2.33. The van der Waals surface area contributed by atoms with Crippen molar-refractivity contribution in [3.05, 3.63) is 11.9 Å². The third-order valence-electron chi connectivity index (χ3n) is 3.27. The van der Waals surface area contributed by atoms with E-state index in [4.69, 9.17) is 5.73 Å². The van der Waals surface area contributed by atoms with E-state index in [0.717, 1.165) is 19.3 Å². The molecule has 1 aromatic rings. The van der Waals surface area contributed by atoms with Gasteiger partial charge in [-0.05, 0) is 25.3 Å². The molecule has 0 saturated heterocycles. The van der Waals surface area contributed by atoms with Crippen LogP contribution in [0.1, 0.15) is 29.8 Å². The second kappa shape index (κ2) is 4.10. The topological polar surface area (TPSA) is 73.8 Å². The molecule has 1 aliphatic rings. The molecule has 1 aliphatic carbocycles. The van der Waals surface area contributed by atoms with Gasteiger partial charge in [-0.3, -0.25) is 4.79 Å². The lowest BCUT2D eigenvalue weighted by Gasteiger charge is -2.15. The van der Waals surface area contributed by atoms with E-state index in [1.54, 1.807) is 7.05 Å². The van der Waals surface area contributed by atoms with Gasteiger partial charge in [-0.15, -0.1) is 5.10 Å². The van der Waals surface area contributed by atoms with Crippen LogP contribution in [0, 0.1) is 11.8 Å². The van der Waals surface area contributed by atoms with Gasteiger partial charge in [0.25, 0.3) is 0 Å². The molecule has 2 atom stereocenters. The van der Waals surface area contributed by atoms with E-state index < -0.39 is 0 Å². The normalized spacial score (nSPS) is 25.7. The minimum absolute atomic E-state index is 0.0761. The van der Waals surface area contributed by atoms with Crippen molar-refractivity contribution in [2.75, 3.05) is 6.54 Å². The Balaban J connectivity index is 2.18. The lowest BCUT2D eigenvalue weighted by Crippen LogP contribution is -2.26. The van der Waals surface area contributed by atoms with E-state index in [0.29, 0.717) is 18.2 Å². The third kappa shape index (κ3) is 1.79. The van der Waals surface area contributed by atoms with Crippen LogP contribution in [-0.4, -0.2) is 27.3 Å². The van der Waals surface area contributed by atoms with E-state index >= 15 is 0 Å². The summed E-state index contributed by atoms with van der Waals surface area (Å²) in [4.78, 5) is 12.1. The molecule has 5 nitrogen and oxygen atoms in total. The zero-order valence-corrected chi connectivity index (χ0v) is 8.89. The minimum atomic E-state index is 0.0761. The summed E-state index contributed by atoms with van der Waals surface area (Å²) >= 11 is 0. The molecule has 1 aromatic heterocycles. The third-order valence-corrected chi connectivity index (χ3v) is 3.27. The number of hydrogen-bond donors (Lipinski definition) is 1. The predicted molar refractivity (Wildman–Crippen MR) is 55.2 cm³/mol. The van der Waals surface area contributed by atoms with Crippen LogP contribution in [-0.2, 0) is 7.05 Å². The Bertz CT molecular complexity index is 360. The van der Waals surface area contributed by atoms with Crippen LogP contribution < -0.4 is 5.73 Å². The van der Waals surface area contributed by atoms with Gasteiger partial charge < -0.3 is 5.73 Å². The van der Waals surface area contributed by atoms with Crippen molar-refractivity contribution in [3.8, 4) is 0 Å². The summed E-state index contributed by atoms with van der Waals surface area (Å²) in [5.41, 5.74) is 6.26. The van der Waals surface area contributed by atoms with Crippen molar-refractivity contribution in [3.63, 3.8) is 0 Å². The second-order valence-electron chi connectivity index (χ2n) is 4.14. The number of carbonyl (C=O) groups is 1. The van der Waals surface area contributed by atoms with Gasteiger partial charge in [0.05, 0.1) is 6.20 Å². The first kappa shape index (κ1) is 10.3. The summed E-state index contributed by atoms with van der Waals surface area (Å²) < 4.78 is 1.54. The fourth-order valence-electron chi connectivity index (χ4n) is 2.37. The average Bonchev–Trinajstić information content (AvgIpc) is 2.84. The summed E-state index contributed by atoms with van der Waals surface area (Å²) in [6, 6.07) is 0. The Kier molecular flexibility index (Phi) is 2.81. The summed E-state index contributed by atoms with van der Waals surface area (Å²) in [5, 5.41) is 7.50. The van der Waals surface area contributed by atoms with E-state index in [2.05, 4.69) is 10.3 Å². The highest BCUT2D eigenvalue weighted by atomic mass is 16.1. The summed E-state index contributed by atoms with van der Waals surface area (Å²) in [6.07, 6.45) is 4.65. The summed E-state index contributed by atoms with van der Waals surface area (Å²) in [6.45, 7) is 0.599. The van der Waals surface area contributed by atoms with E-state index in [1.807, 2.05) is 0 Å². The lowest BCUT2D eigenvalue weighted by molar-refractivity contribution is 0.0883. The first-order valence-electron chi connectivity index (χ1n) is 5.33. The number of nitrogens with two attached hydrogens (primary N) is 1. The number of rotatable bonds is 3. The molecular weight excluding hydrogens is 192 g/mol. The SMILES string of the molecule is Cn1nncc1C(=O)C1CCCC1CN. The average molecular weight is 208 g/mol. The van der Waals surface area contributed by atoms with Crippen molar-refractivity contribution in [2.24, 2.45) is 24.6 Å². The van der Waals surface area contributed by atoms with Crippen molar-refractivity contribution in [1.82, 2.24) is 15.0 Å². The van der Waals surface area contributed by atoms with Crippen LogP contribution in [0.3, 0.4) is 0 Å². The molecule has 1 fully saturated rings. The number of aryl methyl sites for hydroxylation is 1. The molecule has 2 rings (SSSR count). The zero-order valence-electron chi connectivity index (χ0n) is 8.89. The zero-order chi connectivity index (χ0) is 10.8. The van der Waals surface area contributed by atoms with Gasteiger partial charge >= 0.3 is 0 Å². The maximum absolute atomic E-state index is 12.1. The molecule has 1 saturated carbocycles. The number of Topliss-reactive ketones (excluding diaryl/α,β-unsaturated/α-hetero) is 1. The summed E-state index contributed by atoms with van der Waals surface area (Å²) in [7, 11) is 1.74. The van der Waals surface area contributed by atoms with E-state index in [1.165, 1.54) is 10.9 Å². The lowest BCUT2D eigenvalue weighted by atomic mass is 9.90. The Morgan fingerprint density at radius 2 is 2.47 bits per heavy atom. The quantitative estimate of drug-likeness (QED) is 0.728. The van der Waals surface area contributed by atoms with Crippen LogP contribution in [0.5, 0.6) is 0 Å². The van der Waals surface area contributed by atoms with E-state index in [9.17, 15) is 4.79 Å². The van der Waals surface area contributed by atoms with Gasteiger partial charge in [-0.2, -0.15) is 0 Å². The standard InChI is InChI=1S/C10H16N4O/c1-14-9(6-12-13-14)10(15)8-4-2-3-7(8)5-11/h6-8H,2-5,11H2,1H3. The Hall–Kier alpha value is -1.23. The van der Waals surface area contributed by atoms with Crippen molar-refractivity contribution in [2.45, 2.75) is 19.3 Å². The second-order valence-corrected chi connectivity index (χ2v) is 4.14. The fraction of sp³-hybridized carbons (Fsp3) is 0.700. The van der Waals surface area contributed by atoms with Crippen LogP contribution in [0.15, 0.2) is 6.20 Å². The molecule has 1 heterocycles. The summed E-state index contributed by atoms with van der Waals surface area (Å²) in [5.74, 6) is 0.565. The smallest absolute Gasteiger partial charge is 0.185 e. The van der Waals surface area contributed by atoms with Crippen LogP contribution in [0.25, 0.3) is 0 Å². The highest BCUT2D eigenvalue weighted by molar-refractivity contribution is 5.96. The van der Waals surface area contributed by atoms with Gasteiger partial charge in [-0.1, -0.05) is 11.6 Å². The Labute approximate surface area is 88.6 Å². The molecule has 2 N–H and O–H groups in total. The van der Waals surface area contributed by atoms with Gasteiger partial charge in [0.15, 0.2) is 5.78 Å². The number of ketones is 1. The Morgan fingerprint density at radius 1 is 1.67 bits per heavy atom. The van der Waals surface area contributed by atoms with Gasteiger partial charge in [0.1, 0.15) is 5.69 Å². The molecule has 0 radical (unpaired) electrons. The van der Waals surface area contributed by atoms with Crippen LogP contribution >= 0.6 is 0 Å². The maximum Gasteiger partial charge on any atom is 0.185 e. The number of hydrogen-bond acceptors (Lipinski definition) is 4. The minimum Gasteiger partial charge on any atom is -0.330 e. The molecule has 15 heavy (non-hydrogen) atoms. The van der Waals surface area contributed by atoms with Crippen LogP contribution in [0.4, 0.5) is 0 Å². The largest absolute Gasteiger partial charge is 0.330 e. The Morgan fingerprint density at radius 3 is 3.07 bits per heavy atom. The van der Waals surface area contributed by atoms with E-state index in [-0.39, 0.29) is 11.7 Å². The molecular formula is C10H16N4O. The molecule has 0 aliphatic heterocycles. The molecule has 2 unspecified atom stereocenters. The first-order valence-corrected chi connectivity index (χ1v) is 5.33. The highest BCUT2D eigenvalue weighted by Crippen LogP contribution is 2.33. The van der Waals surface area contributed by atoms with Crippen LogP contribution in [0.2, 0.25) is 0 Å².